The Balaban J connectivity index is 2.12. The topological polar surface area (TPSA) is 466 Å². The van der Waals surface area contributed by atoms with Crippen molar-refractivity contribution in [3.05, 3.63) is 35.9 Å². The fraction of sp³-hybridized carbons (Fsp3) is 0.604. The van der Waals surface area contributed by atoms with E-state index in [1.54, 1.807) is 44.2 Å². The maximum Gasteiger partial charge on any atom is 0.326 e. The van der Waals surface area contributed by atoms with Gasteiger partial charge < -0.3 is 84.6 Å². The molecule has 1 aliphatic heterocycles. The summed E-state index contributed by atoms with van der Waals surface area (Å²) in [4.78, 5) is 169. The Labute approximate surface area is 443 Å². The van der Waals surface area contributed by atoms with E-state index in [1.807, 2.05) is 0 Å². The van der Waals surface area contributed by atoms with Crippen molar-refractivity contribution < 1.29 is 82.8 Å². The standard InChI is InChI=1S/C48H74N12O17/c1-22(2)36(57-42(70)29(19-33(50)63)55-46(74)38(26(7)62)59-44(72)32-14-11-17-60(32)47(75)37(23(3)4)58-39(67)24(5)49)45(73)51-20-34(64)53-31(21-61)43(71)54-28(15-16-35(65)66)41(69)52-25(6)40(68)56-30(48(76)77)18-27-12-9-8-10-13-27/h8-10,12-13,22-26,28-32,36-38,61-62H,11,14-21,49H2,1-7H3,(H2,50,63)(H,51,73)(H,52,69)(H,53,64)(H,54,71)(H,55,74)(H,56,68)(H,57,70)(H,58,67)(H,59,72)(H,65,66)(H,76,77)/t24-,25-,26+,28-,29-,30-,31-,32-,36-,37-,38-/m0/s1. The predicted octanol–water partition coefficient (Wildman–Crippen LogP) is -5.91. The van der Waals surface area contributed by atoms with Crippen molar-refractivity contribution in [3.63, 3.8) is 0 Å². The van der Waals surface area contributed by atoms with Crippen molar-refractivity contribution >= 4 is 76.9 Å². The van der Waals surface area contributed by atoms with Crippen LogP contribution in [0.4, 0.5) is 0 Å². The maximum atomic E-state index is 13.7. The quantitative estimate of drug-likeness (QED) is 0.0329. The summed E-state index contributed by atoms with van der Waals surface area (Å²) in [5, 5.41) is 60.3. The van der Waals surface area contributed by atoms with Gasteiger partial charge in [-0.3, -0.25) is 57.5 Å². The predicted molar refractivity (Wildman–Crippen MR) is 269 cm³/mol. The summed E-state index contributed by atoms with van der Waals surface area (Å²) in [6.45, 7) is 8.26. The Morgan fingerprint density at radius 3 is 1.73 bits per heavy atom. The number of hydrogen-bond donors (Lipinski definition) is 15. The highest BCUT2D eigenvalue weighted by Crippen LogP contribution is 2.21. The normalized spacial score (nSPS) is 17.0. The molecule has 11 amide bonds. The first-order chi connectivity index (χ1) is 36.0. The number of carbonyl (C=O) groups excluding carboxylic acids is 11. The average Bonchev–Trinajstić information content (AvgIpc) is 3.85. The molecule has 2 rings (SSSR count). The van der Waals surface area contributed by atoms with Crippen molar-refractivity contribution in [1.29, 1.82) is 0 Å². The number of carboxylic acids is 2. The molecule has 1 heterocycles. The molecule has 1 aromatic rings. The van der Waals surface area contributed by atoms with Gasteiger partial charge in [-0.2, -0.15) is 0 Å². The van der Waals surface area contributed by atoms with E-state index in [0.29, 0.717) is 12.0 Å². The Kier molecular flexibility index (Phi) is 26.6. The zero-order valence-corrected chi connectivity index (χ0v) is 44.0. The van der Waals surface area contributed by atoms with Gasteiger partial charge in [0.1, 0.15) is 54.4 Å². The lowest BCUT2D eigenvalue weighted by atomic mass is 10.0. The van der Waals surface area contributed by atoms with Gasteiger partial charge in [0.2, 0.25) is 65.0 Å². The van der Waals surface area contributed by atoms with Crippen LogP contribution in [-0.2, 0) is 68.7 Å². The highest BCUT2D eigenvalue weighted by molar-refractivity contribution is 5.99. The number of carbonyl (C=O) groups is 13. The van der Waals surface area contributed by atoms with E-state index in [1.165, 1.54) is 32.6 Å². The van der Waals surface area contributed by atoms with Crippen LogP contribution in [0.3, 0.4) is 0 Å². The van der Waals surface area contributed by atoms with Crippen LogP contribution >= 0.6 is 0 Å². The van der Waals surface area contributed by atoms with Crippen LogP contribution < -0.4 is 59.3 Å². The van der Waals surface area contributed by atoms with Gasteiger partial charge in [0, 0.05) is 19.4 Å². The number of aliphatic hydroxyl groups excluding tert-OH is 2. The largest absolute Gasteiger partial charge is 0.481 e. The number of nitrogens with zero attached hydrogens (tertiary/aromatic N) is 1. The minimum Gasteiger partial charge on any atom is -0.481 e. The van der Waals surface area contributed by atoms with Gasteiger partial charge in [0.15, 0.2) is 0 Å². The van der Waals surface area contributed by atoms with Crippen LogP contribution in [0.1, 0.15) is 86.1 Å². The smallest absolute Gasteiger partial charge is 0.326 e. The van der Waals surface area contributed by atoms with Crippen LogP contribution in [0.5, 0.6) is 0 Å². The number of rotatable bonds is 31. The van der Waals surface area contributed by atoms with Crippen LogP contribution in [0.15, 0.2) is 30.3 Å². The molecule has 1 aromatic carbocycles. The van der Waals surface area contributed by atoms with Gasteiger partial charge in [-0.25, -0.2) is 4.79 Å². The maximum absolute atomic E-state index is 13.7. The van der Waals surface area contributed by atoms with E-state index >= 15 is 0 Å². The molecule has 0 aliphatic carbocycles. The number of carboxylic acid groups (broad SMARTS) is 2. The van der Waals surface area contributed by atoms with Crippen molar-refractivity contribution in [1.82, 2.24) is 52.8 Å². The van der Waals surface area contributed by atoms with Crippen LogP contribution in [0, 0.1) is 11.8 Å². The average molecular weight is 1090 g/mol. The molecule has 0 saturated carbocycles. The van der Waals surface area contributed by atoms with Crippen molar-refractivity contribution in [3.8, 4) is 0 Å². The minimum atomic E-state index is -1.81. The van der Waals surface area contributed by atoms with Gasteiger partial charge in [-0.1, -0.05) is 58.0 Å². The van der Waals surface area contributed by atoms with Crippen LogP contribution in [0.2, 0.25) is 0 Å². The highest BCUT2D eigenvalue weighted by Gasteiger charge is 2.41. The molecule has 29 heteroatoms. The molecule has 1 fully saturated rings. The van der Waals surface area contributed by atoms with Gasteiger partial charge in [0.25, 0.3) is 0 Å². The van der Waals surface area contributed by atoms with Crippen LogP contribution in [-0.4, -0.2) is 188 Å². The Bertz CT molecular complexity index is 2300. The molecule has 0 unspecified atom stereocenters. The van der Waals surface area contributed by atoms with E-state index in [0.717, 1.165) is 6.92 Å². The fourth-order valence-electron chi connectivity index (χ4n) is 7.65. The van der Waals surface area contributed by atoms with E-state index < -0.39 is 188 Å². The van der Waals surface area contributed by atoms with Crippen molar-refractivity contribution in [2.75, 3.05) is 19.7 Å². The fourth-order valence-corrected chi connectivity index (χ4v) is 7.65. The Morgan fingerprint density at radius 2 is 1.19 bits per heavy atom. The summed E-state index contributed by atoms with van der Waals surface area (Å²) in [6.07, 6.45) is -3.25. The molecule has 1 saturated heterocycles. The number of amides is 11. The Morgan fingerprint density at radius 1 is 0.636 bits per heavy atom. The zero-order chi connectivity index (χ0) is 58.4. The number of aliphatic hydroxyl groups is 2. The molecule has 29 nitrogen and oxygen atoms in total. The van der Waals surface area contributed by atoms with E-state index in [4.69, 9.17) is 11.5 Å². The molecular weight excluding hydrogens is 1020 g/mol. The molecule has 0 bridgehead atoms. The first kappa shape index (κ1) is 65.3. The number of hydrogen-bond acceptors (Lipinski definition) is 16. The molecule has 0 aromatic heterocycles. The Hall–Kier alpha value is -7.79. The molecule has 77 heavy (non-hydrogen) atoms. The molecule has 0 radical (unpaired) electrons. The molecule has 1 aliphatic rings. The third kappa shape index (κ3) is 21.4. The monoisotopic (exact) mass is 1090 g/mol. The van der Waals surface area contributed by atoms with E-state index in [2.05, 4.69) is 47.9 Å². The number of likely N-dealkylation sites (tertiary alicyclic amines) is 1. The van der Waals surface area contributed by atoms with Gasteiger partial charge in [-0.15, -0.1) is 0 Å². The number of nitrogens with two attached hydrogens (primary N) is 2. The molecular formula is C48H74N12O17. The number of aliphatic carboxylic acids is 2. The summed E-state index contributed by atoms with van der Waals surface area (Å²) in [6, 6.07) is -6.10. The first-order valence-corrected chi connectivity index (χ1v) is 24.8. The van der Waals surface area contributed by atoms with E-state index in [-0.39, 0.29) is 19.4 Å². The summed E-state index contributed by atoms with van der Waals surface area (Å²) in [5.41, 5.74) is 11.6. The number of benzene rings is 1. The SMILES string of the molecule is CC(C)[C@H](NC(=O)[C@H](CC(N)=O)NC(=O)[C@@H](NC(=O)[C@@H]1CCCN1C(=O)[C@@H](NC(=O)[C@H](C)N)C(C)C)[C@@H](C)O)C(=O)NCC(=O)N[C@@H](CO)C(=O)N[C@@H](CCC(=O)O)C(=O)N[C@@H](C)C(=O)N[C@@H](Cc1ccccc1)C(=O)O. The lowest BCUT2D eigenvalue weighted by Crippen LogP contribution is -2.62. The zero-order valence-electron chi connectivity index (χ0n) is 44.0. The second-order valence-corrected chi connectivity index (χ2v) is 19.2. The van der Waals surface area contributed by atoms with Crippen molar-refractivity contribution in [2.24, 2.45) is 23.3 Å². The van der Waals surface area contributed by atoms with E-state index in [9.17, 15) is 82.8 Å². The summed E-state index contributed by atoms with van der Waals surface area (Å²) in [7, 11) is 0. The summed E-state index contributed by atoms with van der Waals surface area (Å²) < 4.78 is 0. The molecule has 0 spiro atoms. The van der Waals surface area contributed by atoms with Gasteiger partial charge in [0.05, 0.1) is 31.7 Å². The second-order valence-electron chi connectivity index (χ2n) is 19.2. The lowest BCUT2D eigenvalue weighted by Gasteiger charge is -2.32. The molecule has 11 atom stereocenters. The van der Waals surface area contributed by atoms with Gasteiger partial charge >= 0.3 is 11.9 Å². The summed E-state index contributed by atoms with van der Waals surface area (Å²) >= 11 is 0. The van der Waals surface area contributed by atoms with Crippen LogP contribution in [0.25, 0.3) is 0 Å². The second kappa shape index (κ2) is 31.3. The minimum absolute atomic E-state index is 0.0977. The molecule has 428 valence electrons. The number of nitrogens with one attached hydrogen (secondary N) is 9. The molecule has 17 N–H and O–H groups in total. The summed E-state index contributed by atoms with van der Waals surface area (Å²) in [5.74, 6) is -14.7. The number of primary amides is 1. The third-order valence-corrected chi connectivity index (χ3v) is 12.0. The van der Waals surface area contributed by atoms with Crippen molar-refractivity contribution in [2.45, 2.75) is 154 Å². The van der Waals surface area contributed by atoms with Gasteiger partial charge in [-0.05, 0) is 57.4 Å². The lowest BCUT2D eigenvalue weighted by molar-refractivity contribution is -0.143. The highest BCUT2D eigenvalue weighted by atomic mass is 16.4. The third-order valence-electron chi connectivity index (χ3n) is 12.0. The first-order valence-electron chi connectivity index (χ1n) is 24.8.